The van der Waals surface area contributed by atoms with Crippen LogP contribution in [0, 0.1) is 11.8 Å². The molecule has 162 valence electrons. The number of carbonyl (C=O) groups is 1. The van der Waals surface area contributed by atoms with Crippen molar-refractivity contribution in [3.63, 3.8) is 0 Å². The highest BCUT2D eigenvalue weighted by Crippen LogP contribution is 2.22. The average molecular weight is 441 g/mol. The number of hydrogen-bond acceptors (Lipinski definition) is 6. The largest absolute Gasteiger partial charge is 0.396 e. The molecule has 0 spiro atoms. The lowest BCUT2D eigenvalue weighted by atomic mass is 10.0. The second-order valence-electron chi connectivity index (χ2n) is 7.17. The van der Waals surface area contributed by atoms with Crippen molar-refractivity contribution in [2.45, 2.75) is 30.6 Å². The van der Waals surface area contributed by atoms with Crippen LogP contribution in [-0.2, 0) is 26.9 Å². The van der Waals surface area contributed by atoms with Gasteiger partial charge in [-0.25, -0.2) is 5.48 Å². The van der Waals surface area contributed by atoms with Gasteiger partial charge in [0.15, 0.2) is 0 Å². The number of carbonyl (C=O) groups excluding carboxylic acids is 1. The summed E-state index contributed by atoms with van der Waals surface area (Å²) in [6.07, 6.45) is 2.35. The van der Waals surface area contributed by atoms with Gasteiger partial charge in [0, 0.05) is 47.6 Å². The molecule has 3 unspecified atom stereocenters. The SMILES string of the molecule is CS(=O)C(CC1CC(c2ccc(C#Cc3ccc(CCO)cc3)cc2)=NO1)C(=O)NO. The maximum absolute atomic E-state index is 11.8. The summed E-state index contributed by atoms with van der Waals surface area (Å²) in [6.45, 7) is 0.130. The summed E-state index contributed by atoms with van der Waals surface area (Å²) in [5, 5.41) is 21.0. The molecule has 7 nitrogen and oxygen atoms in total. The Balaban J connectivity index is 1.60. The number of aliphatic hydroxyl groups excluding tert-OH is 1. The van der Waals surface area contributed by atoms with E-state index in [-0.39, 0.29) is 19.1 Å². The fraction of sp³-hybridized carbons (Fsp3) is 0.304. The van der Waals surface area contributed by atoms with E-state index in [2.05, 4.69) is 17.0 Å². The van der Waals surface area contributed by atoms with E-state index in [1.54, 1.807) is 5.48 Å². The third-order valence-electron chi connectivity index (χ3n) is 4.94. The molecule has 2 aromatic rings. The molecule has 0 saturated carbocycles. The van der Waals surface area contributed by atoms with Gasteiger partial charge < -0.3 is 9.94 Å². The molecule has 2 aromatic carbocycles. The van der Waals surface area contributed by atoms with Crippen LogP contribution < -0.4 is 5.48 Å². The predicted molar refractivity (Wildman–Crippen MR) is 118 cm³/mol. The Kier molecular flexibility index (Phi) is 7.95. The van der Waals surface area contributed by atoms with Gasteiger partial charge in [-0.05, 0) is 41.8 Å². The zero-order valence-corrected chi connectivity index (χ0v) is 17.9. The maximum Gasteiger partial charge on any atom is 0.259 e. The number of nitrogens with one attached hydrogen (secondary N) is 1. The number of amides is 1. The van der Waals surface area contributed by atoms with Crippen molar-refractivity contribution in [1.29, 1.82) is 0 Å². The number of hydrogen-bond donors (Lipinski definition) is 3. The fourth-order valence-corrected chi connectivity index (χ4v) is 4.04. The highest BCUT2D eigenvalue weighted by Gasteiger charge is 2.31. The molecule has 1 aliphatic heterocycles. The molecule has 1 amide bonds. The number of oxime groups is 1. The summed E-state index contributed by atoms with van der Waals surface area (Å²) in [6, 6.07) is 15.4. The molecule has 0 fully saturated rings. The van der Waals surface area contributed by atoms with Crippen molar-refractivity contribution in [1.82, 2.24) is 5.48 Å². The number of hydroxylamine groups is 1. The summed E-state index contributed by atoms with van der Waals surface area (Å²) < 4.78 is 11.8. The monoisotopic (exact) mass is 440 g/mol. The van der Waals surface area contributed by atoms with E-state index in [1.165, 1.54) is 6.26 Å². The Morgan fingerprint density at radius 3 is 2.35 bits per heavy atom. The van der Waals surface area contributed by atoms with Gasteiger partial charge in [0.2, 0.25) is 0 Å². The molecule has 31 heavy (non-hydrogen) atoms. The van der Waals surface area contributed by atoms with Gasteiger partial charge in [-0.15, -0.1) is 0 Å². The summed E-state index contributed by atoms with van der Waals surface area (Å²) in [5.74, 6) is 5.55. The Bertz CT molecular complexity index is 1020. The lowest BCUT2D eigenvalue weighted by molar-refractivity contribution is -0.129. The third kappa shape index (κ3) is 6.25. The molecular formula is C23H24N2O5S. The summed E-state index contributed by atoms with van der Waals surface area (Å²) in [5.41, 5.74) is 6.02. The van der Waals surface area contributed by atoms with Gasteiger partial charge in [-0.2, -0.15) is 0 Å². The molecule has 0 aliphatic carbocycles. The molecule has 8 heteroatoms. The number of aliphatic hydroxyl groups is 1. The summed E-state index contributed by atoms with van der Waals surface area (Å²) >= 11 is 0. The van der Waals surface area contributed by atoms with Gasteiger partial charge >= 0.3 is 0 Å². The molecule has 1 aliphatic rings. The Hall–Kier alpha value is -2.99. The number of rotatable bonds is 7. The standard InChI is InChI=1S/C23H24N2O5S/c1-31(29)22(23(27)24-28)15-20-14-21(25-30-20)19-10-8-17(9-11-19)3-2-16-4-6-18(7-5-16)12-13-26/h4-11,20,22,26,28H,12-15H2,1H3,(H,24,27). The molecule has 0 saturated heterocycles. The van der Waals surface area contributed by atoms with E-state index in [0.717, 1.165) is 28.0 Å². The smallest absolute Gasteiger partial charge is 0.259 e. The van der Waals surface area contributed by atoms with Crippen molar-refractivity contribution in [2.75, 3.05) is 12.9 Å². The van der Waals surface area contributed by atoms with Crippen LogP contribution in [0.1, 0.15) is 35.1 Å². The van der Waals surface area contributed by atoms with E-state index in [0.29, 0.717) is 12.8 Å². The Morgan fingerprint density at radius 1 is 1.19 bits per heavy atom. The highest BCUT2D eigenvalue weighted by molar-refractivity contribution is 7.85. The van der Waals surface area contributed by atoms with Crippen LogP contribution in [0.3, 0.4) is 0 Å². The second kappa shape index (κ2) is 10.9. The molecule has 1 heterocycles. The fourth-order valence-electron chi connectivity index (χ4n) is 3.20. The second-order valence-corrected chi connectivity index (χ2v) is 8.73. The Labute approximate surface area is 183 Å². The van der Waals surface area contributed by atoms with Crippen LogP contribution in [0.15, 0.2) is 53.7 Å². The number of benzene rings is 2. The van der Waals surface area contributed by atoms with E-state index in [4.69, 9.17) is 15.2 Å². The molecule has 0 bridgehead atoms. The first-order valence-corrected chi connectivity index (χ1v) is 11.4. The minimum atomic E-state index is -1.44. The molecule has 3 rings (SSSR count). The minimum absolute atomic E-state index is 0.130. The zero-order chi connectivity index (χ0) is 22.2. The summed E-state index contributed by atoms with van der Waals surface area (Å²) in [7, 11) is -1.44. The molecule has 0 aromatic heterocycles. The average Bonchev–Trinajstić information content (AvgIpc) is 3.25. The first-order chi connectivity index (χ1) is 15.0. The van der Waals surface area contributed by atoms with Crippen molar-refractivity contribution < 1.29 is 24.2 Å². The van der Waals surface area contributed by atoms with E-state index in [1.807, 2.05) is 48.5 Å². The zero-order valence-electron chi connectivity index (χ0n) is 17.1. The van der Waals surface area contributed by atoms with Crippen LogP contribution in [-0.4, -0.2) is 50.4 Å². The van der Waals surface area contributed by atoms with E-state index in [9.17, 15) is 9.00 Å². The first kappa shape index (κ1) is 22.7. The van der Waals surface area contributed by atoms with Crippen molar-refractivity contribution in [3.8, 4) is 11.8 Å². The van der Waals surface area contributed by atoms with Crippen LogP contribution in [0.4, 0.5) is 0 Å². The van der Waals surface area contributed by atoms with Gasteiger partial charge in [-0.3, -0.25) is 14.2 Å². The molecule has 3 N–H and O–H groups in total. The van der Waals surface area contributed by atoms with Crippen molar-refractivity contribution in [3.05, 3.63) is 70.8 Å². The van der Waals surface area contributed by atoms with Crippen LogP contribution in [0.25, 0.3) is 0 Å². The lowest BCUT2D eigenvalue weighted by Gasteiger charge is -2.15. The maximum atomic E-state index is 11.8. The molecular weight excluding hydrogens is 416 g/mol. The van der Waals surface area contributed by atoms with Gasteiger partial charge in [-0.1, -0.05) is 41.3 Å². The van der Waals surface area contributed by atoms with Crippen molar-refractivity contribution in [2.24, 2.45) is 5.16 Å². The van der Waals surface area contributed by atoms with Gasteiger partial charge in [0.05, 0.1) is 5.71 Å². The van der Waals surface area contributed by atoms with Gasteiger partial charge in [0.25, 0.3) is 5.91 Å². The third-order valence-corrected chi connectivity index (χ3v) is 6.14. The van der Waals surface area contributed by atoms with Gasteiger partial charge in [0.1, 0.15) is 11.4 Å². The first-order valence-electron chi connectivity index (χ1n) is 9.81. The van der Waals surface area contributed by atoms with Crippen molar-refractivity contribution >= 4 is 22.4 Å². The number of nitrogens with zero attached hydrogens (tertiary/aromatic N) is 1. The van der Waals surface area contributed by atoms with E-state index < -0.39 is 22.0 Å². The molecule has 3 atom stereocenters. The minimum Gasteiger partial charge on any atom is -0.396 e. The normalized spacial score (nSPS) is 17.0. The lowest BCUT2D eigenvalue weighted by Crippen LogP contribution is -2.37. The summed E-state index contributed by atoms with van der Waals surface area (Å²) in [4.78, 5) is 17.1. The van der Waals surface area contributed by atoms with Crippen LogP contribution in [0.2, 0.25) is 0 Å². The molecule has 0 radical (unpaired) electrons. The topological polar surface area (TPSA) is 108 Å². The Morgan fingerprint density at radius 2 is 1.81 bits per heavy atom. The predicted octanol–water partition coefficient (Wildman–Crippen LogP) is 1.76. The van der Waals surface area contributed by atoms with Crippen LogP contribution in [0.5, 0.6) is 0 Å². The van der Waals surface area contributed by atoms with Crippen LogP contribution >= 0.6 is 0 Å². The van der Waals surface area contributed by atoms with E-state index >= 15 is 0 Å². The quantitative estimate of drug-likeness (QED) is 0.345. The highest BCUT2D eigenvalue weighted by atomic mass is 32.2.